The van der Waals surface area contributed by atoms with Gasteiger partial charge in [0.25, 0.3) is 0 Å². The molecule has 0 aliphatic heterocycles. The summed E-state index contributed by atoms with van der Waals surface area (Å²) in [6.45, 7) is 5.39. The van der Waals surface area contributed by atoms with Crippen LogP contribution in [0, 0.1) is 5.92 Å². The van der Waals surface area contributed by atoms with Crippen LogP contribution < -0.4 is 11.1 Å². The number of benzene rings is 1. The van der Waals surface area contributed by atoms with Gasteiger partial charge in [0, 0.05) is 12.8 Å². The summed E-state index contributed by atoms with van der Waals surface area (Å²) < 4.78 is 22.6. The van der Waals surface area contributed by atoms with E-state index < -0.39 is 9.84 Å². The number of halogens is 1. The molecule has 0 aliphatic carbocycles. The number of nitrogens with one attached hydrogen (secondary N) is 1. The van der Waals surface area contributed by atoms with E-state index in [0.717, 1.165) is 12.1 Å². The van der Waals surface area contributed by atoms with Crippen LogP contribution in [0.1, 0.15) is 19.4 Å². The average molecular weight is 411 g/mol. The molecule has 0 unspecified atom stereocenters. The summed E-state index contributed by atoms with van der Waals surface area (Å²) in [5, 5.41) is 3.02. The van der Waals surface area contributed by atoms with Gasteiger partial charge in [0.2, 0.25) is 0 Å². The Morgan fingerprint density at radius 3 is 2.30 bits per heavy atom. The van der Waals surface area contributed by atoms with Crippen LogP contribution in [-0.4, -0.2) is 27.2 Å². The highest BCUT2D eigenvalue weighted by atomic mass is 127. The molecule has 114 valence electrons. The first kappa shape index (κ1) is 19.2. The number of guanidine groups is 1. The van der Waals surface area contributed by atoms with Gasteiger partial charge in [0.15, 0.2) is 15.8 Å². The van der Waals surface area contributed by atoms with Crippen molar-refractivity contribution in [1.82, 2.24) is 5.32 Å². The van der Waals surface area contributed by atoms with E-state index in [2.05, 4.69) is 24.2 Å². The predicted octanol–water partition coefficient (Wildman–Crippen LogP) is 1.77. The zero-order valence-electron chi connectivity index (χ0n) is 12.0. The average Bonchev–Trinajstić information content (AvgIpc) is 2.33. The van der Waals surface area contributed by atoms with Gasteiger partial charge in [-0.3, -0.25) is 0 Å². The summed E-state index contributed by atoms with van der Waals surface area (Å²) in [6.07, 6.45) is 1.19. The first-order valence-corrected chi connectivity index (χ1v) is 8.01. The van der Waals surface area contributed by atoms with Crippen molar-refractivity contribution in [3.63, 3.8) is 0 Å². The maximum Gasteiger partial charge on any atom is 0.188 e. The zero-order chi connectivity index (χ0) is 14.5. The summed E-state index contributed by atoms with van der Waals surface area (Å²) in [5.41, 5.74) is 6.63. The van der Waals surface area contributed by atoms with Gasteiger partial charge >= 0.3 is 0 Å². The van der Waals surface area contributed by atoms with Crippen molar-refractivity contribution in [3.05, 3.63) is 29.8 Å². The molecule has 0 heterocycles. The zero-order valence-corrected chi connectivity index (χ0v) is 15.1. The third-order valence-corrected chi connectivity index (χ3v) is 3.60. The smallest absolute Gasteiger partial charge is 0.188 e. The SMILES string of the molecule is CC(C)CNC(N)=NCc1ccc(S(C)(=O)=O)cc1.I. The number of hydrogen-bond acceptors (Lipinski definition) is 3. The minimum absolute atomic E-state index is 0. The van der Waals surface area contributed by atoms with Crippen LogP contribution in [0.25, 0.3) is 0 Å². The van der Waals surface area contributed by atoms with Gasteiger partial charge in [-0.15, -0.1) is 24.0 Å². The lowest BCUT2D eigenvalue weighted by Gasteiger charge is -2.07. The Kier molecular flexibility index (Phi) is 8.10. The van der Waals surface area contributed by atoms with Gasteiger partial charge in [-0.1, -0.05) is 26.0 Å². The maximum atomic E-state index is 11.3. The molecule has 0 saturated carbocycles. The molecule has 0 fully saturated rings. The number of aliphatic imine (C=N–C) groups is 1. The number of sulfone groups is 1. The Hall–Kier alpha value is -0.830. The van der Waals surface area contributed by atoms with Crippen molar-refractivity contribution in [3.8, 4) is 0 Å². The summed E-state index contributed by atoms with van der Waals surface area (Å²) in [7, 11) is -3.14. The number of hydrogen-bond donors (Lipinski definition) is 2. The molecule has 0 radical (unpaired) electrons. The molecular weight excluding hydrogens is 389 g/mol. The monoisotopic (exact) mass is 411 g/mol. The van der Waals surface area contributed by atoms with Crippen LogP contribution >= 0.6 is 24.0 Å². The van der Waals surface area contributed by atoms with Gasteiger partial charge < -0.3 is 11.1 Å². The van der Waals surface area contributed by atoms with E-state index in [4.69, 9.17) is 5.73 Å². The lowest BCUT2D eigenvalue weighted by Crippen LogP contribution is -2.34. The fourth-order valence-electron chi connectivity index (χ4n) is 1.38. The van der Waals surface area contributed by atoms with Crippen LogP contribution in [0.3, 0.4) is 0 Å². The largest absolute Gasteiger partial charge is 0.370 e. The van der Waals surface area contributed by atoms with Crippen molar-refractivity contribution in [2.24, 2.45) is 16.6 Å². The lowest BCUT2D eigenvalue weighted by atomic mass is 10.2. The second-order valence-electron chi connectivity index (χ2n) is 4.89. The van der Waals surface area contributed by atoms with Crippen LogP contribution in [0.5, 0.6) is 0 Å². The summed E-state index contributed by atoms with van der Waals surface area (Å²) in [5.74, 6) is 0.906. The fourth-order valence-corrected chi connectivity index (χ4v) is 2.01. The topological polar surface area (TPSA) is 84.5 Å². The number of nitrogens with two attached hydrogens (primary N) is 1. The first-order chi connectivity index (χ1) is 8.79. The van der Waals surface area contributed by atoms with E-state index in [9.17, 15) is 8.42 Å². The molecule has 0 atom stereocenters. The molecule has 0 saturated heterocycles. The summed E-state index contributed by atoms with van der Waals surface area (Å²) >= 11 is 0. The van der Waals surface area contributed by atoms with Gasteiger partial charge in [-0.2, -0.15) is 0 Å². The molecule has 0 amide bonds. The number of rotatable bonds is 5. The van der Waals surface area contributed by atoms with Crippen molar-refractivity contribution in [2.45, 2.75) is 25.3 Å². The minimum atomic E-state index is -3.14. The normalized spacial score (nSPS) is 12.1. The Morgan fingerprint density at radius 1 is 1.30 bits per heavy atom. The standard InChI is InChI=1S/C13H21N3O2S.HI/c1-10(2)8-15-13(14)16-9-11-4-6-12(7-5-11)19(3,17)18;/h4-7,10H,8-9H2,1-3H3,(H3,14,15,16);1H. The lowest BCUT2D eigenvalue weighted by molar-refractivity contribution is 0.602. The highest BCUT2D eigenvalue weighted by molar-refractivity contribution is 14.0. The molecule has 0 spiro atoms. The Labute approximate surface area is 138 Å². The molecule has 5 nitrogen and oxygen atoms in total. The molecule has 1 aromatic rings. The van der Waals surface area contributed by atoms with Crippen LogP contribution in [0.4, 0.5) is 0 Å². The quantitative estimate of drug-likeness (QED) is 0.440. The van der Waals surface area contributed by atoms with E-state index >= 15 is 0 Å². The second kappa shape index (κ2) is 8.46. The summed E-state index contributed by atoms with van der Waals surface area (Å²) in [4.78, 5) is 4.50. The Balaban J connectivity index is 0.00000361. The molecule has 20 heavy (non-hydrogen) atoms. The van der Waals surface area contributed by atoms with Crippen molar-refractivity contribution in [1.29, 1.82) is 0 Å². The molecule has 0 aromatic heterocycles. The van der Waals surface area contributed by atoms with Gasteiger partial charge in [0.05, 0.1) is 11.4 Å². The predicted molar refractivity (Wildman–Crippen MR) is 93.1 cm³/mol. The molecular formula is C13H22IN3O2S. The van der Waals surface area contributed by atoms with E-state index in [-0.39, 0.29) is 24.0 Å². The third-order valence-electron chi connectivity index (χ3n) is 2.47. The van der Waals surface area contributed by atoms with Gasteiger partial charge in [0.1, 0.15) is 0 Å². The highest BCUT2D eigenvalue weighted by Gasteiger charge is 2.05. The van der Waals surface area contributed by atoms with Gasteiger partial charge in [-0.25, -0.2) is 13.4 Å². The highest BCUT2D eigenvalue weighted by Crippen LogP contribution is 2.10. The molecule has 0 bridgehead atoms. The van der Waals surface area contributed by atoms with Crippen LogP contribution in [0.2, 0.25) is 0 Å². The van der Waals surface area contributed by atoms with Crippen LogP contribution in [0.15, 0.2) is 34.2 Å². The van der Waals surface area contributed by atoms with Crippen molar-refractivity contribution in [2.75, 3.05) is 12.8 Å². The Bertz CT molecular complexity index is 539. The van der Waals surface area contributed by atoms with E-state index in [1.807, 2.05) is 0 Å². The molecule has 3 N–H and O–H groups in total. The second-order valence-corrected chi connectivity index (χ2v) is 6.91. The Morgan fingerprint density at radius 2 is 1.85 bits per heavy atom. The van der Waals surface area contributed by atoms with E-state index in [0.29, 0.717) is 23.3 Å². The van der Waals surface area contributed by atoms with Gasteiger partial charge in [-0.05, 0) is 23.6 Å². The molecule has 1 rings (SSSR count). The van der Waals surface area contributed by atoms with E-state index in [1.54, 1.807) is 24.3 Å². The third kappa shape index (κ3) is 7.09. The first-order valence-electron chi connectivity index (χ1n) is 6.12. The van der Waals surface area contributed by atoms with E-state index in [1.165, 1.54) is 6.26 Å². The number of nitrogens with zero attached hydrogens (tertiary/aromatic N) is 1. The molecule has 0 aliphatic rings. The molecule has 7 heteroatoms. The van der Waals surface area contributed by atoms with Crippen LogP contribution in [-0.2, 0) is 16.4 Å². The minimum Gasteiger partial charge on any atom is -0.370 e. The van der Waals surface area contributed by atoms with Crippen molar-refractivity contribution >= 4 is 39.8 Å². The maximum absolute atomic E-state index is 11.3. The molecule has 1 aromatic carbocycles. The van der Waals surface area contributed by atoms with Crippen molar-refractivity contribution < 1.29 is 8.42 Å². The fraction of sp³-hybridized carbons (Fsp3) is 0.462. The summed E-state index contributed by atoms with van der Waals surface area (Å²) in [6, 6.07) is 6.65.